The Morgan fingerprint density at radius 2 is 2.00 bits per heavy atom. The molecule has 0 N–H and O–H groups in total. The molecule has 102 valence electrons. The Kier molecular flexibility index (Phi) is 3.40. The number of hydrogen-bond acceptors (Lipinski definition) is 1. The lowest BCUT2D eigenvalue weighted by Gasteiger charge is -2.11. The van der Waals surface area contributed by atoms with Crippen LogP contribution in [0, 0.1) is 12.7 Å². The summed E-state index contributed by atoms with van der Waals surface area (Å²) in [6.07, 6.45) is 0. The zero-order chi connectivity index (χ0) is 14.3. The van der Waals surface area contributed by atoms with Gasteiger partial charge in [0.05, 0.1) is 22.6 Å². The van der Waals surface area contributed by atoms with Gasteiger partial charge in [-0.2, -0.15) is 0 Å². The Morgan fingerprint density at radius 1 is 1.20 bits per heavy atom. The fourth-order valence-corrected chi connectivity index (χ4v) is 2.63. The van der Waals surface area contributed by atoms with Crippen LogP contribution in [0.2, 0.25) is 5.02 Å². The van der Waals surface area contributed by atoms with Crippen molar-refractivity contribution in [3.05, 3.63) is 58.6 Å². The standard InChI is InChI=1S/C15H11Cl2FN2/c1-9-2-3-10(17)6-14(9)20-13-5-4-11(18)7-12(13)19-15(20)8-16/h2-7H,8H2,1H3. The normalized spacial score (nSPS) is 11.2. The maximum absolute atomic E-state index is 13.3. The third kappa shape index (κ3) is 2.17. The smallest absolute Gasteiger partial charge is 0.129 e. The molecule has 0 bridgehead atoms. The van der Waals surface area contributed by atoms with E-state index >= 15 is 0 Å². The first-order valence-corrected chi connectivity index (χ1v) is 7.01. The second-order valence-electron chi connectivity index (χ2n) is 4.56. The van der Waals surface area contributed by atoms with Crippen molar-refractivity contribution in [2.75, 3.05) is 0 Å². The van der Waals surface area contributed by atoms with E-state index in [1.807, 2.05) is 29.7 Å². The molecule has 0 aliphatic rings. The lowest BCUT2D eigenvalue weighted by Crippen LogP contribution is -2.01. The molecule has 3 aromatic rings. The van der Waals surface area contributed by atoms with Gasteiger partial charge >= 0.3 is 0 Å². The molecule has 1 heterocycles. The van der Waals surface area contributed by atoms with E-state index in [0.717, 1.165) is 16.8 Å². The number of benzene rings is 2. The predicted octanol–water partition coefficient (Wildman–Crippen LogP) is 4.87. The molecule has 0 spiro atoms. The van der Waals surface area contributed by atoms with E-state index in [9.17, 15) is 4.39 Å². The molecule has 3 rings (SSSR count). The van der Waals surface area contributed by atoms with Gasteiger partial charge in [0.25, 0.3) is 0 Å². The maximum atomic E-state index is 13.3. The number of aryl methyl sites for hydroxylation is 1. The van der Waals surface area contributed by atoms with Crippen LogP contribution in [0.5, 0.6) is 0 Å². The van der Waals surface area contributed by atoms with E-state index in [1.54, 1.807) is 6.07 Å². The summed E-state index contributed by atoms with van der Waals surface area (Å²) in [4.78, 5) is 4.39. The summed E-state index contributed by atoms with van der Waals surface area (Å²) < 4.78 is 15.2. The van der Waals surface area contributed by atoms with Gasteiger partial charge in [-0.05, 0) is 36.8 Å². The lowest BCUT2D eigenvalue weighted by atomic mass is 10.2. The van der Waals surface area contributed by atoms with Gasteiger partial charge in [-0.3, -0.25) is 4.57 Å². The molecule has 0 saturated carbocycles. The minimum atomic E-state index is -0.314. The van der Waals surface area contributed by atoms with Crippen LogP contribution in [0.25, 0.3) is 16.7 Å². The number of imidazole rings is 1. The fraction of sp³-hybridized carbons (Fsp3) is 0.133. The number of fused-ring (bicyclic) bond motifs is 1. The van der Waals surface area contributed by atoms with Crippen molar-refractivity contribution in [3.63, 3.8) is 0 Å². The molecule has 20 heavy (non-hydrogen) atoms. The van der Waals surface area contributed by atoms with Gasteiger partial charge in [0.1, 0.15) is 11.6 Å². The third-order valence-electron chi connectivity index (χ3n) is 3.22. The summed E-state index contributed by atoms with van der Waals surface area (Å²) in [6.45, 7) is 1.99. The van der Waals surface area contributed by atoms with Gasteiger partial charge in [-0.15, -0.1) is 11.6 Å². The van der Waals surface area contributed by atoms with Crippen LogP contribution in [-0.4, -0.2) is 9.55 Å². The molecule has 0 unspecified atom stereocenters. The molecular weight excluding hydrogens is 298 g/mol. The first-order chi connectivity index (χ1) is 9.60. The van der Waals surface area contributed by atoms with Crippen LogP contribution < -0.4 is 0 Å². The fourth-order valence-electron chi connectivity index (χ4n) is 2.29. The molecule has 0 fully saturated rings. The van der Waals surface area contributed by atoms with Gasteiger partial charge in [0.15, 0.2) is 0 Å². The molecule has 2 aromatic carbocycles. The van der Waals surface area contributed by atoms with E-state index in [1.165, 1.54) is 12.1 Å². The van der Waals surface area contributed by atoms with Crippen LogP contribution in [0.15, 0.2) is 36.4 Å². The molecule has 0 saturated heterocycles. The first kappa shape index (κ1) is 13.4. The number of halogens is 3. The SMILES string of the molecule is Cc1ccc(Cl)cc1-n1c(CCl)nc2cc(F)ccc21. The zero-order valence-electron chi connectivity index (χ0n) is 10.7. The van der Waals surface area contributed by atoms with Crippen molar-refractivity contribution in [2.45, 2.75) is 12.8 Å². The van der Waals surface area contributed by atoms with Gasteiger partial charge in [-0.1, -0.05) is 17.7 Å². The highest BCUT2D eigenvalue weighted by Crippen LogP contribution is 2.27. The molecule has 1 aromatic heterocycles. The Hall–Kier alpha value is -1.58. The van der Waals surface area contributed by atoms with E-state index in [-0.39, 0.29) is 11.7 Å². The first-order valence-electron chi connectivity index (χ1n) is 6.09. The Bertz CT molecular complexity index is 796. The average Bonchev–Trinajstić information content (AvgIpc) is 2.78. The highest BCUT2D eigenvalue weighted by atomic mass is 35.5. The van der Waals surface area contributed by atoms with E-state index in [4.69, 9.17) is 23.2 Å². The maximum Gasteiger partial charge on any atom is 0.129 e. The predicted molar refractivity (Wildman–Crippen MR) is 80.3 cm³/mol. The second-order valence-corrected chi connectivity index (χ2v) is 5.26. The molecule has 0 aliphatic carbocycles. The summed E-state index contributed by atoms with van der Waals surface area (Å²) in [5.41, 5.74) is 3.35. The van der Waals surface area contributed by atoms with Gasteiger partial charge in [-0.25, -0.2) is 9.37 Å². The van der Waals surface area contributed by atoms with E-state index in [0.29, 0.717) is 16.4 Å². The van der Waals surface area contributed by atoms with Crippen molar-refractivity contribution < 1.29 is 4.39 Å². The third-order valence-corrected chi connectivity index (χ3v) is 3.69. The zero-order valence-corrected chi connectivity index (χ0v) is 12.2. The summed E-state index contributed by atoms with van der Waals surface area (Å²) in [5.74, 6) is 0.589. The van der Waals surface area contributed by atoms with Crippen LogP contribution in [0.4, 0.5) is 4.39 Å². The number of rotatable bonds is 2. The van der Waals surface area contributed by atoms with E-state index in [2.05, 4.69) is 4.98 Å². The Labute approximate surface area is 125 Å². The van der Waals surface area contributed by atoms with Crippen molar-refractivity contribution in [1.82, 2.24) is 9.55 Å². The number of hydrogen-bond donors (Lipinski definition) is 0. The highest BCUT2D eigenvalue weighted by Gasteiger charge is 2.14. The minimum Gasteiger partial charge on any atom is -0.295 e. The number of nitrogens with zero attached hydrogens (tertiary/aromatic N) is 2. The van der Waals surface area contributed by atoms with Crippen molar-refractivity contribution in [3.8, 4) is 5.69 Å². The molecule has 0 radical (unpaired) electrons. The number of alkyl halides is 1. The van der Waals surface area contributed by atoms with Crippen LogP contribution >= 0.6 is 23.2 Å². The van der Waals surface area contributed by atoms with Crippen LogP contribution in [0.1, 0.15) is 11.4 Å². The van der Waals surface area contributed by atoms with Crippen LogP contribution in [0.3, 0.4) is 0 Å². The topological polar surface area (TPSA) is 17.8 Å². The monoisotopic (exact) mass is 308 g/mol. The van der Waals surface area contributed by atoms with Gasteiger partial charge in [0.2, 0.25) is 0 Å². The Balaban J connectivity index is 2.37. The summed E-state index contributed by atoms with van der Waals surface area (Å²) in [5, 5.41) is 0.634. The highest BCUT2D eigenvalue weighted by molar-refractivity contribution is 6.30. The van der Waals surface area contributed by atoms with Crippen molar-refractivity contribution >= 4 is 34.2 Å². The van der Waals surface area contributed by atoms with Gasteiger partial charge < -0.3 is 0 Å². The molecule has 0 aliphatic heterocycles. The average molecular weight is 309 g/mol. The van der Waals surface area contributed by atoms with Crippen molar-refractivity contribution in [2.24, 2.45) is 0 Å². The molecule has 2 nitrogen and oxygen atoms in total. The Morgan fingerprint density at radius 3 is 2.75 bits per heavy atom. The van der Waals surface area contributed by atoms with E-state index < -0.39 is 0 Å². The number of aromatic nitrogens is 2. The minimum absolute atomic E-state index is 0.238. The second kappa shape index (κ2) is 5.08. The molecule has 5 heteroatoms. The molecule has 0 amide bonds. The quantitative estimate of drug-likeness (QED) is 0.618. The summed E-state index contributed by atoms with van der Waals surface area (Å²) in [6, 6.07) is 10.1. The summed E-state index contributed by atoms with van der Waals surface area (Å²) >= 11 is 12.1. The largest absolute Gasteiger partial charge is 0.295 e. The molecule has 0 atom stereocenters. The molecular formula is C15H11Cl2FN2. The van der Waals surface area contributed by atoms with Gasteiger partial charge in [0, 0.05) is 11.1 Å². The van der Waals surface area contributed by atoms with Crippen molar-refractivity contribution in [1.29, 1.82) is 0 Å². The summed E-state index contributed by atoms with van der Waals surface area (Å²) in [7, 11) is 0. The lowest BCUT2D eigenvalue weighted by molar-refractivity contribution is 0.629. The van der Waals surface area contributed by atoms with Crippen LogP contribution in [-0.2, 0) is 5.88 Å².